The number of Topliss-reactive ketones (excluding diaryl/α,β-unsaturated/α-hetero) is 1. The van der Waals surface area contributed by atoms with Crippen LogP contribution in [0.15, 0.2) is 60.9 Å². The first-order valence-corrected chi connectivity index (χ1v) is 19.3. The fourth-order valence-corrected chi connectivity index (χ4v) is 6.27. The van der Waals surface area contributed by atoms with Crippen molar-refractivity contribution in [1.29, 1.82) is 0 Å². The lowest BCUT2D eigenvalue weighted by Crippen LogP contribution is -2.22. The van der Waals surface area contributed by atoms with Crippen LogP contribution < -0.4 is 5.73 Å². The zero-order valence-corrected chi connectivity index (χ0v) is 35.6. The van der Waals surface area contributed by atoms with E-state index in [1.165, 1.54) is 27.7 Å². The smallest absolute Gasteiger partial charge is 0.453 e. The number of hydrogen-bond donors (Lipinski definition) is 2. The average molecular weight is 915 g/mol. The van der Waals surface area contributed by atoms with Gasteiger partial charge in [-0.3, -0.25) is 4.79 Å². The Morgan fingerprint density at radius 1 is 0.677 bits per heavy atom. The second-order valence-electron chi connectivity index (χ2n) is 14.3. The van der Waals surface area contributed by atoms with Gasteiger partial charge < -0.3 is 10.8 Å². The Labute approximate surface area is 363 Å². The molecule has 14 nitrogen and oxygen atoms in total. The summed E-state index contributed by atoms with van der Waals surface area (Å²) in [7, 11) is 0. The van der Waals surface area contributed by atoms with Crippen molar-refractivity contribution in [3.63, 3.8) is 0 Å². The lowest BCUT2D eigenvalue weighted by atomic mass is 9.99. The number of alkyl halides is 6. The molecule has 0 amide bonds. The van der Waals surface area contributed by atoms with Crippen LogP contribution in [0.2, 0.25) is 10.0 Å². The zero-order valence-electron chi connectivity index (χ0n) is 34.1. The molecule has 0 spiro atoms. The molecule has 3 N–H and O–H groups in total. The lowest BCUT2D eigenvalue weighted by Gasteiger charge is -2.15. The van der Waals surface area contributed by atoms with Gasteiger partial charge >= 0.3 is 18.3 Å². The number of carbonyl (C=O) groups is 2. The van der Waals surface area contributed by atoms with Crippen molar-refractivity contribution in [1.82, 2.24) is 49.1 Å². The summed E-state index contributed by atoms with van der Waals surface area (Å²) >= 11 is 11.8. The Morgan fingerprint density at radius 2 is 1.06 bits per heavy atom. The maximum absolute atomic E-state index is 12.9. The maximum atomic E-state index is 12.9. The number of carboxylic acid groups (broad SMARTS) is 1. The van der Waals surface area contributed by atoms with E-state index in [1.807, 2.05) is 54.9 Å². The minimum absolute atomic E-state index is 0. The van der Waals surface area contributed by atoms with Crippen molar-refractivity contribution < 1.29 is 41.0 Å². The van der Waals surface area contributed by atoms with Crippen LogP contribution in [0.1, 0.15) is 113 Å². The molecule has 2 aromatic carbocycles. The number of aliphatic carboxylic acids is 1. The number of aromatic nitrogens is 10. The molecule has 6 rings (SSSR count). The second-order valence-corrected chi connectivity index (χ2v) is 15.2. The molecule has 62 heavy (non-hydrogen) atoms. The van der Waals surface area contributed by atoms with E-state index in [4.69, 9.17) is 34.0 Å². The molecular formula is C40H47Cl2F6N11O3. The number of nitrogens with two attached hydrogens (primary N) is 1. The number of carbonyl (C=O) groups excluding carboxylic acids is 1. The highest BCUT2D eigenvalue weighted by molar-refractivity contribution is 6.30. The van der Waals surface area contributed by atoms with E-state index in [2.05, 4.69) is 44.2 Å². The van der Waals surface area contributed by atoms with E-state index in [0.29, 0.717) is 16.5 Å². The number of halogens is 8. The third-order valence-electron chi connectivity index (χ3n) is 8.99. The van der Waals surface area contributed by atoms with Crippen LogP contribution in [0.4, 0.5) is 32.0 Å². The molecule has 4 aromatic heterocycles. The standard InChI is InChI=1S/C20H21ClF3N5O.C12H14ClN3.C7H8F3N3O2.CH4/c1-11(2)18-14(10-25-29(18)16-7-5-15(21)6-8-16)9-17(30)12(3)28-13(4)26-19(27-28)20(22,23)24;1-8(2)12-11(14)7-15-16(12)10-5-3-9(13)4-6-10;1-3(5(14)15)13-4(2)11-6(12-13)7(8,9)10;/h5-8,10-12H,9H2,1-4H3;3-8H,14H2,1-2H3;3H,1-2H3,(H,14,15);1H4. The molecule has 0 saturated heterocycles. The van der Waals surface area contributed by atoms with E-state index in [9.17, 15) is 35.9 Å². The number of hydrogen-bond acceptors (Lipinski definition) is 9. The average Bonchev–Trinajstić information content (AvgIpc) is 3.97. The van der Waals surface area contributed by atoms with Crippen molar-refractivity contribution in [2.45, 2.75) is 106 Å². The van der Waals surface area contributed by atoms with Crippen molar-refractivity contribution >= 4 is 40.6 Å². The summed E-state index contributed by atoms with van der Waals surface area (Å²) in [6.07, 6.45) is -6.01. The summed E-state index contributed by atoms with van der Waals surface area (Å²) in [5.74, 6) is -3.79. The van der Waals surface area contributed by atoms with Gasteiger partial charge in [-0.2, -0.15) is 36.5 Å². The van der Waals surface area contributed by atoms with Gasteiger partial charge in [0.1, 0.15) is 23.7 Å². The minimum atomic E-state index is -4.66. The Bertz CT molecular complexity index is 2440. The molecule has 0 bridgehead atoms. The van der Waals surface area contributed by atoms with Crippen LogP contribution >= 0.6 is 23.2 Å². The van der Waals surface area contributed by atoms with E-state index in [0.717, 1.165) is 42.8 Å². The summed E-state index contributed by atoms with van der Waals surface area (Å²) in [5, 5.41) is 25.2. The van der Waals surface area contributed by atoms with Crippen molar-refractivity contribution in [3.8, 4) is 11.4 Å². The SMILES string of the molecule is C.CC(C)c1c(N)cnn1-c1ccc(Cl)cc1.Cc1nc(C(F)(F)F)nn1C(C)C(=O)Cc1cnn(-c2ccc(Cl)cc2)c1C(C)C.Cc1nc(C(F)(F)F)nn1C(C)C(=O)O. The van der Waals surface area contributed by atoms with Crippen LogP contribution in [0.25, 0.3) is 11.4 Å². The molecule has 0 radical (unpaired) electrons. The Balaban J connectivity index is 0.000000270. The van der Waals surface area contributed by atoms with Gasteiger partial charge in [0.2, 0.25) is 0 Å². The fraction of sp³-hybridized carbons (Fsp3) is 0.400. The van der Waals surface area contributed by atoms with Gasteiger partial charge in [-0.25, -0.2) is 33.5 Å². The fourth-order valence-electron chi connectivity index (χ4n) is 6.02. The van der Waals surface area contributed by atoms with Crippen LogP contribution in [-0.2, 0) is 28.4 Å². The molecule has 336 valence electrons. The summed E-state index contributed by atoms with van der Waals surface area (Å²) < 4.78 is 80.5. The molecule has 4 heterocycles. The van der Waals surface area contributed by atoms with E-state index in [-0.39, 0.29) is 37.2 Å². The third kappa shape index (κ3) is 12.2. The quantitative estimate of drug-likeness (QED) is 0.126. The largest absolute Gasteiger partial charge is 0.480 e. The molecule has 22 heteroatoms. The molecule has 2 atom stereocenters. The predicted molar refractivity (Wildman–Crippen MR) is 222 cm³/mol. The normalized spacial score (nSPS) is 12.5. The van der Waals surface area contributed by atoms with Gasteiger partial charge in [-0.05, 0) is 88.1 Å². The molecule has 0 saturated carbocycles. The molecule has 0 aliphatic heterocycles. The van der Waals surface area contributed by atoms with Gasteiger partial charge in [0, 0.05) is 22.0 Å². The van der Waals surface area contributed by atoms with Gasteiger partial charge in [-0.1, -0.05) is 58.3 Å². The Hall–Kier alpha value is -5.76. The molecule has 0 aliphatic rings. The molecule has 2 unspecified atom stereocenters. The van der Waals surface area contributed by atoms with Gasteiger partial charge in [0.05, 0.1) is 40.8 Å². The summed E-state index contributed by atoms with van der Waals surface area (Å²) in [4.78, 5) is 30.0. The highest BCUT2D eigenvalue weighted by Gasteiger charge is 2.38. The van der Waals surface area contributed by atoms with Crippen molar-refractivity contribution in [3.05, 3.63) is 111 Å². The Kier molecular flexibility index (Phi) is 16.7. The second kappa shape index (κ2) is 20.4. The number of nitrogens with zero attached hydrogens (tertiary/aromatic N) is 10. The molecule has 0 aliphatic carbocycles. The Morgan fingerprint density at radius 3 is 1.44 bits per heavy atom. The number of anilines is 1. The van der Waals surface area contributed by atoms with Crippen molar-refractivity contribution in [2.75, 3.05) is 5.73 Å². The molecular weight excluding hydrogens is 867 g/mol. The zero-order chi connectivity index (χ0) is 45.7. The number of carboxylic acids is 1. The monoisotopic (exact) mass is 913 g/mol. The van der Waals surface area contributed by atoms with Crippen LogP contribution in [-0.4, -0.2) is 65.9 Å². The van der Waals surface area contributed by atoms with Crippen molar-refractivity contribution in [2.24, 2.45) is 0 Å². The van der Waals surface area contributed by atoms with Gasteiger partial charge in [0.15, 0.2) is 5.78 Å². The maximum Gasteiger partial charge on any atom is 0.453 e. The number of ketones is 1. The van der Waals surface area contributed by atoms with Gasteiger partial charge in [-0.15, -0.1) is 10.2 Å². The number of benzene rings is 2. The first-order chi connectivity index (χ1) is 28.3. The highest BCUT2D eigenvalue weighted by Crippen LogP contribution is 2.30. The number of rotatable bonds is 10. The summed E-state index contributed by atoms with van der Waals surface area (Å²) in [5.41, 5.74) is 11.0. The van der Waals surface area contributed by atoms with E-state index < -0.39 is 42.1 Å². The van der Waals surface area contributed by atoms with Crippen LogP contribution in [0.5, 0.6) is 0 Å². The summed E-state index contributed by atoms with van der Waals surface area (Å²) in [6.45, 7) is 13.6. The molecule has 0 fully saturated rings. The van der Waals surface area contributed by atoms with E-state index >= 15 is 0 Å². The first-order valence-electron chi connectivity index (χ1n) is 18.5. The molecule has 6 aromatic rings. The number of aryl methyl sites for hydroxylation is 2. The van der Waals surface area contributed by atoms with Crippen LogP contribution in [0.3, 0.4) is 0 Å². The third-order valence-corrected chi connectivity index (χ3v) is 9.49. The summed E-state index contributed by atoms with van der Waals surface area (Å²) in [6, 6.07) is 12.6. The first kappa shape index (κ1) is 50.6. The van der Waals surface area contributed by atoms with Gasteiger partial charge in [0.25, 0.3) is 11.6 Å². The van der Waals surface area contributed by atoms with E-state index in [1.54, 1.807) is 29.2 Å². The number of nitrogen functional groups attached to an aromatic ring is 1. The lowest BCUT2D eigenvalue weighted by molar-refractivity contribution is -0.146. The highest BCUT2D eigenvalue weighted by atomic mass is 35.5. The predicted octanol–water partition coefficient (Wildman–Crippen LogP) is 10.1. The minimum Gasteiger partial charge on any atom is -0.480 e. The van der Waals surface area contributed by atoms with Crippen LogP contribution in [0, 0.1) is 13.8 Å². The topological polar surface area (TPSA) is 177 Å².